The van der Waals surface area contributed by atoms with Crippen molar-refractivity contribution in [3.05, 3.63) is 24.7 Å². The summed E-state index contributed by atoms with van der Waals surface area (Å²) in [6, 6.07) is 3.20. The first kappa shape index (κ1) is 16.0. The molecule has 2 aliphatic heterocycles. The van der Waals surface area contributed by atoms with E-state index in [9.17, 15) is 0 Å². The molecule has 8 heteroatoms. The molecule has 0 spiro atoms. The van der Waals surface area contributed by atoms with Crippen molar-refractivity contribution in [3.63, 3.8) is 0 Å². The van der Waals surface area contributed by atoms with Crippen LogP contribution < -0.4 is 15.5 Å². The number of anilines is 3. The molecule has 2 aromatic rings. The van der Waals surface area contributed by atoms with E-state index in [0.717, 1.165) is 31.1 Å². The molecule has 0 amide bonds. The van der Waals surface area contributed by atoms with Crippen molar-refractivity contribution in [2.24, 2.45) is 0 Å². The van der Waals surface area contributed by atoms with Crippen LogP contribution >= 0.6 is 12.4 Å². The maximum absolute atomic E-state index is 4.66. The lowest BCUT2D eigenvalue weighted by atomic mass is 10.2. The number of rotatable bonds is 4. The minimum Gasteiger partial charge on any atom is -0.353 e. The van der Waals surface area contributed by atoms with E-state index in [-0.39, 0.29) is 12.4 Å². The zero-order chi connectivity index (χ0) is 14.9. The van der Waals surface area contributed by atoms with Crippen LogP contribution in [0.5, 0.6) is 0 Å². The number of hydrogen-bond acceptors (Lipinski definition) is 6. The molecule has 2 aromatic heterocycles. The summed E-state index contributed by atoms with van der Waals surface area (Å²) in [4.78, 5) is 11.3. The third-order valence-electron chi connectivity index (χ3n) is 4.39. The van der Waals surface area contributed by atoms with E-state index >= 15 is 0 Å². The molecule has 0 aromatic carbocycles. The van der Waals surface area contributed by atoms with Gasteiger partial charge in [-0.25, -0.2) is 4.98 Å². The molecule has 0 aliphatic carbocycles. The molecule has 0 radical (unpaired) electrons. The summed E-state index contributed by atoms with van der Waals surface area (Å²) in [6.45, 7) is 4.97. The topological polar surface area (TPSA) is 70.9 Å². The number of halogens is 1. The first-order chi connectivity index (χ1) is 10.8. The van der Waals surface area contributed by atoms with Crippen molar-refractivity contribution in [1.29, 1.82) is 0 Å². The van der Waals surface area contributed by atoms with E-state index in [0.29, 0.717) is 18.0 Å². The average molecular weight is 336 g/mol. The number of hydrogen-bond donors (Lipinski definition) is 2. The second-order valence-corrected chi connectivity index (χ2v) is 5.99. The van der Waals surface area contributed by atoms with Gasteiger partial charge >= 0.3 is 0 Å². The maximum Gasteiger partial charge on any atom is 0.229 e. The van der Waals surface area contributed by atoms with Gasteiger partial charge in [0.25, 0.3) is 0 Å². The molecule has 2 saturated heterocycles. The summed E-state index contributed by atoms with van der Waals surface area (Å²) in [5.74, 6) is 1.62. The van der Waals surface area contributed by atoms with E-state index in [2.05, 4.69) is 37.5 Å². The highest BCUT2D eigenvalue weighted by atomic mass is 35.5. The van der Waals surface area contributed by atoms with E-state index < -0.39 is 0 Å². The summed E-state index contributed by atoms with van der Waals surface area (Å²) < 4.78 is 1.88. The number of aromatic nitrogens is 4. The van der Waals surface area contributed by atoms with Crippen molar-refractivity contribution in [1.82, 2.24) is 25.1 Å². The third kappa shape index (κ3) is 3.40. The van der Waals surface area contributed by atoms with Crippen LogP contribution in [0.25, 0.3) is 0 Å². The molecule has 2 atom stereocenters. The summed E-state index contributed by atoms with van der Waals surface area (Å²) in [5, 5.41) is 11.1. The SMILES string of the molecule is CCn1cc(Nc2nccc(N3C[C@H]4CC[C@@H](C3)N4)n2)cn1.Cl. The second kappa shape index (κ2) is 6.72. The van der Waals surface area contributed by atoms with Gasteiger partial charge in [-0.2, -0.15) is 10.1 Å². The van der Waals surface area contributed by atoms with Gasteiger partial charge in [-0.05, 0) is 25.8 Å². The zero-order valence-electron chi connectivity index (χ0n) is 13.1. The molecule has 7 nitrogen and oxygen atoms in total. The smallest absolute Gasteiger partial charge is 0.229 e. The molecule has 2 bridgehead atoms. The Labute approximate surface area is 141 Å². The molecule has 2 aliphatic rings. The van der Waals surface area contributed by atoms with Crippen LogP contribution in [-0.4, -0.2) is 44.9 Å². The van der Waals surface area contributed by atoms with Crippen LogP contribution in [0.3, 0.4) is 0 Å². The molecule has 2 fully saturated rings. The van der Waals surface area contributed by atoms with Crippen LogP contribution in [0.2, 0.25) is 0 Å². The summed E-state index contributed by atoms with van der Waals surface area (Å²) in [6.07, 6.45) is 8.12. The molecule has 0 unspecified atom stereocenters. The molecule has 0 saturated carbocycles. The van der Waals surface area contributed by atoms with Crippen molar-refractivity contribution in [3.8, 4) is 0 Å². The van der Waals surface area contributed by atoms with Crippen molar-refractivity contribution in [2.75, 3.05) is 23.3 Å². The lowest BCUT2D eigenvalue weighted by Gasteiger charge is -2.33. The van der Waals surface area contributed by atoms with Gasteiger partial charge in [0.2, 0.25) is 5.95 Å². The molecule has 2 N–H and O–H groups in total. The normalized spacial score (nSPS) is 22.7. The summed E-state index contributed by atoms with van der Waals surface area (Å²) >= 11 is 0. The molecular formula is C15H22ClN7. The number of piperazine rings is 1. The number of fused-ring (bicyclic) bond motifs is 2. The van der Waals surface area contributed by atoms with Gasteiger partial charge < -0.3 is 15.5 Å². The Balaban J connectivity index is 0.00000156. The fourth-order valence-electron chi connectivity index (χ4n) is 3.30. The largest absolute Gasteiger partial charge is 0.353 e. The van der Waals surface area contributed by atoms with E-state index in [1.807, 2.05) is 23.1 Å². The quantitative estimate of drug-likeness (QED) is 0.887. The van der Waals surface area contributed by atoms with Crippen LogP contribution in [-0.2, 0) is 6.54 Å². The average Bonchev–Trinajstić information content (AvgIpc) is 3.13. The summed E-state index contributed by atoms with van der Waals surface area (Å²) in [7, 11) is 0. The maximum atomic E-state index is 4.66. The van der Waals surface area contributed by atoms with Crippen LogP contribution in [0.4, 0.5) is 17.5 Å². The Morgan fingerprint density at radius 3 is 2.78 bits per heavy atom. The fourth-order valence-corrected chi connectivity index (χ4v) is 3.30. The Bertz CT molecular complexity index is 647. The molecular weight excluding hydrogens is 314 g/mol. The molecule has 124 valence electrons. The standard InChI is InChI=1S/C15H21N7.ClH/c1-2-22-10-13(7-17-22)19-15-16-6-5-14(20-15)21-8-11-3-4-12(9-21)18-11;/h5-7,10-12,18H,2-4,8-9H2,1H3,(H,16,19,20);1H/t11-,12+;. The fraction of sp³-hybridized carbons (Fsp3) is 0.533. The van der Waals surface area contributed by atoms with Crippen molar-refractivity contribution >= 4 is 29.9 Å². The highest BCUT2D eigenvalue weighted by Gasteiger charge is 2.32. The van der Waals surface area contributed by atoms with Gasteiger partial charge in [-0.1, -0.05) is 0 Å². The predicted octanol–water partition coefficient (Wildman–Crippen LogP) is 1.80. The Hall–Kier alpha value is -1.86. The van der Waals surface area contributed by atoms with Gasteiger partial charge in [0.05, 0.1) is 11.9 Å². The Kier molecular flexibility index (Phi) is 4.68. The Morgan fingerprint density at radius 1 is 1.30 bits per heavy atom. The minimum absolute atomic E-state index is 0. The Morgan fingerprint density at radius 2 is 2.09 bits per heavy atom. The monoisotopic (exact) mass is 335 g/mol. The molecule has 4 heterocycles. The van der Waals surface area contributed by atoms with E-state index in [1.165, 1.54) is 12.8 Å². The van der Waals surface area contributed by atoms with Gasteiger partial charge in [0.1, 0.15) is 5.82 Å². The van der Waals surface area contributed by atoms with Crippen molar-refractivity contribution < 1.29 is 0 Å². The van der Waals surface area contributed by atoms with Gasteiger partial charge in [0.15, 0.2) is 0 Å². The first-order valence-corrected chi connectivity index (χ1v) is 7.93. The molecule has 4 rings (SSSR count). The van der Waals surface area contributed by atoms with Gasteiger partial charge in [-0.15, -0.1) is 12.4 Å². The van der Waals surface area contributed by atoms with Crippen LogP contribution in [0, 0.1) is 0 Å². The van der Waals surface area contributed by atoms with Crippen LogP contribution in [0.15, 0.2) is 24.7 Å². The summed E-state index contributed by atoms with van der Waals surface area (Å²) in [5.41, 5.74) is 0.916. The number of nitrogens with one attached hydrogen (secondary N) is 2. The third-order valence-corrected chi connectivity index (χ3v) is 4.39. The van der Waals surface area contributed by atoms with Gasteiger partial charge in [0, 0.05) is 44.1 Å². The lowest BCUT2D eigenvalue weighted by molar-refractivity contribution is 0.463. The van der Waals surface area contributed by atoms with E-state index in [1.54, 1.807) is 6.20 Å². The highest BCUT2D eigenvalue weighted by molar-refractivity contribution is 5.85. The van der Waals surface area contributed by atoms with Crippen LogP contribution in [0.1, 0.15) is 19.8 Å². The zero-order valence-corrected chi connectivity index (χ0v) is 14.0. The lowest BCUT2D eigenvalue weighted by Crippen LogP contribution is -2.51. The highest BCUT2D eigenvalue weighted by Crippen LogP contribution is 2.24. The predicted molar refractivity (Wildman–Crippen MR) is 92.6 cm³/mol. The van der Waals surface area contributed by atoms with Gasteiger partial charge in [-0.3, -0.25) is 4.68 Å². The number of nitrogens with zero attached hydrogens (tertiary/aromatic N) is 5. The van der Waals surface area contributed by atoms with E-state index in [4.69, 9.17) is 0 Å². The molecule has 23 heavy (non-hydrogen) atoms. The second-order valence-electron chi connectivity index (χ2n) is 5.99. The number of aryl methyl sites for hydroxylation is 1. The minimum atomic E-state index is 0. The first-order valence-electron chi connectivity index (χ1n) is 7.93. The van der Waals surface area contributed by atoms with Crippen molar-refractivity contribution in [2.45, 2.75) is 38.4 Å².